The predicted molar refractivity (Wildman–Crippen MR) is 110 cm³/mol. The second-order valence-corrected chi connectivity index (χ2v) is 7.23. The van der Waals surface area contributed by atoms with E-state index in [1.807, 2.05) is 0 Å². The van der Waals surface area contributed by atoms with Crippen molar-refractivity contribution in [2.24, 2.45) is 0 Å². The van der Waals surface area contributed by atoms with Crippen molar-refractivity contribution in [1.82, 2.24) is 15.3 Å². The summed E-state index contributed by atoms with van der Waals surface area (Å²) in [5.41, 5.74) is -0.564. The van der Waals surface area contributed by atoms with Crippen LogP contribution in [-0.2, 0) is 0 Å². The number of unbranched alkanes of at least 4 members (excludes halogenated alkanes) is 1. The standard InChI is InChI=1S/C20H28FN5O3/c1-14(20(2,3)29)24-18-22-12-10-17(25-18)26(16-8-6-15(21)7-9-16)19(28)23-11-4-5-13-27/h6-10,12,14,27,29H,4-5,11,13H2,1-3H3,(H,23,28)(H,22,24,25). The molecule has 2 aromatic rings. The molecule has 9 heteroatoms. The van der Waals surface area contributed by atoms with E-state index in [1.165, 1.54) is 35.4 Å². The molecule has 0 aliphatic carbocycles. The molecule has 4 N–H and O–H groups in total. The average Bonchev–Trinajstić information content (AvgIpc) is 2.66. The van der Waals surface area contributed by atoms with Gasteiger partial charge in [0.1, 0.15) is 11.6 Å². The van der Waals surface area contributed by atoms with Crippen LogP contribution >= 0.6 is 0 Å². The minimum atomic E-state index is -1.000. The minimum absolute atomic E-state index is 0.0534. The first kappa shape index (κ1) is 22.5. The largest absolute Gasteiger partial charge is 0.396 e. The maximum absolute atomic E-state index is 13.4. The van der Waals surface area contributed by atoms with Gasteiger partial charge in [0, 0.05) is 25.4 Å². The van der Waals surface area contributed by atoms with Gasteiger partial charge < -0.3 is 20.8 Å². The van der Waals surface area contributed by atoms with Gasteiger partial charge >= 0.3 is 6.03 Å². The molecule has 0 bridgehead atoms. The second-order valence-electron chi connectivity index (χ2n) is 7.23. The van der Waals surface area contributed by atoms with Gasteiger partial charge in [0.15, 0.2) is 0 Å². The lowest BCUT2D eigenvalue weighted by Crippen LogP contribution is -2.40. The molecule has 0 radical (unpaired) electrons. The van der Waals surface area contributed by atoms with Gasteiger partial charge in [-0.1, -0.05) is 0 Å². The van der Waals surface area contributed by atoms with Crippen LogP contribution in [0.2, 0.25) is 0 Å². The number of urea groups is 1. The highest BCUT2D eigenvalue weighted by Gasteiger charge is 2.24. The van der Waals surface area contributed by atoms with Crippen LogP contribution in [0, 0.1) is 5.82 Å². The molecule has 0 saturated heterocycles. The van der Waals surface area contributed by atoms with Gasteiger partial charge in [0.05, 0.1) is 17.3 Å². The average molecular weight is 405 g/mol. The summed E-state index contributed by atoms with van der Waals surface area (Å²) in [6.07, 6.45) is 2.70. The highest BCUT2D eigenvalue weighted by atomic mass is 19.1. The Balaban J connectivity index is 2.29. The minimum Gasteiger partial charge on any atom is -0.396 e. The SMILES string of the molecule is CC(Nc1nccc(N(C(=O)NCCCCO)c2ccc(F)cc2)n1)C(C)(C)O. The number of amides is 2. The number of nitrogens with one attached hydrogen (secondary N) is 2. The molecule has 0 spiro atoms. The number of hydrogen-bond donors (Lipinski definition) is 4. The first-order valence-corrected chi connectivity index (χ1v) is 9.48. The monoisotopic (exact) mass is 405 g/mol. The Morgan fingerprint density at radius 2 is 1.93 bits per heavy atom. The van der Waals surface area contributed by atoms with E-state index in [1.54, 1.807) is 26.8 Å². The lowest BCUT2D eigenvalue weighted by molar-refractivity contribution is 0.0646. The number of aliphatic hydroxyl groups excluding tert-OH is 1. The third-order valence-corrected chi connectivity index (χ3v) is 4.42. The number of carbonyl (C=O) groups excluding carboxylic acids is 1. The van der Waals surface area contributed by atoms with E-state index < -0.39 is 17.4 Å². The molecule has 1 unspecified atom stereocenters. The summed E-state index contributed by atoms with van der Waals surface area (Å²) in [5, 5.41) is 24.8. The molecule has 1 atom stereocenters. The Morgan fingerprint density at radius 3 is 2.55 bits per heavy atom. The molecule has 8 nitrogen and oxygen atoms in total. The number of anilines is 3. The van der Waals surface area contributed by atoms with Gasteiger partial charge in [0.25, 0.3) is 0 Å². The topological polar surface area (TPSA) is 111 Å². The Morgan fingerprint density at radius 1 is 1.24 bits per heavy atom. The number of carbonyl (C=O) groups is 1. The molecule has 2 rings (SSSR count). The summed E-state index contributed by atoms with van der Waals surface area (Å²) in [6, 6.07) is 6.28. The molecule has 0 saturated carbocycles. The van der Waals surface area contributed by atoms with Gasteiger partial charge in [-0.15, -0.1) is 0 Å². The molecule has 158 valence electrons. The maximum Gasteiger partial charge on any atom is 0.327 e. The van der Waals surface area contributed by atoms with E-state index in [2.05, 4.69) is 20.6 Å². The van der Waals surface area contributed by atoms with Gasteiger partial charge in [0.2, 0.25) is 5.95 Å². The first-order chi connectivity index (χ1) is 13.7. The molecule has 29 heavy (non-hydrogen) atoms. The van der Waals surface area contributed by atoms with Crippen molar-refractivity contribution < 1.29 is 19.4 Å². The van der Waals surface area contributed by atoms with Crippen LogP contribution in [0.15, 0.2) is 36.5 Å². The van der Waals surface area contributed by atoms with E-state index in [0.717, 1.165) is 0 Å². The van der Waals surface area contributed by atoms with E-state index in [9.17, 15) is 14.3 Å². The predicted octanol–water partition coefficient (Wildman–Crippen LogP) is 2.81. The van der Waals surface area contributed by atoms with Crippen LogP contribution < -0.4 is 15.5 Å². The van der Waals surface area contributed by atoms with E-state index >= 15 is 0 Å². The molecule has 1 aromatic carbocycles. The van der Waals surface area contributed by atoms with Crippen molar-refractivity contribution >= 4 is 23.5 Å². The number of halogens is 1. The number of hydrogen-bond acceptors (Lipinski definition) is 6. The normalized spacial score (nSPS) is 12.3. The number of aliphatic hydroxyl groups is 2. The maximum atomic E-state index is 13.4. The number of benzene rings is 1. The highest BCUT2D eigenvalue weighted by Crippen LogP contribution is 2.25. The zero-order valence-electron chi connectivity index (χ0n) is 16.9. The first-order valence-electron chi connectivity index (χ1n) is 9.48. The number of nitrogens with zero attached hydrogens (tertiary/aromatic N) is 3. The zero-order chi connectivity index (χ0) is 21.4. The van der Waals surface area contributed by atoms with Crippen molar-refractivity contribution in [3.63, 3.8) is 0 Å². The number of rotatable bonds is 9. The summed E-state index contributed by atoms with van der Waals surface area (Å²) < 4.78 is 13.4. The molecule has 1 aromatic heterocycles. The Bertz CT molecular complexity index is 795. The lowest BCUT2D eigenvalue weighted by atomic mass is 10.0. The summed E-state index contributed by atoms with van der Waals surface area (Å²) in [5.74, 6) is 0.120. The highest BCUT2D eigenvalue weighted by molar-refractivity contribution is 5.98. The number of aromatic nitrogens is 2. The summed E-state index contributed by atoms with van der Waals surface area (Å²) in [7, 11) is 0. The Kier molecular flexibility index (Phi) is 7.86. The summed E-state index contributed by atoms with van der Waals surface area (Å²) in [6.45, 7) is 5.56. The molecule has 2 amide bonds. The van der Waals surface area contributed by atoms with Crippen LogP contribution in [0.5, 0.6) is 0 Å². The van der Waals surface area contributed by atoms with Crippen LogP contribution in [0.3, 0.4) is 0 Å². The van der Waals surface area contributed by atoms with Crippen molar-refractivity contribution in [2.45, 2.75) is 45.3 Å². The van der Waals surface area contributed by atoms with Gasteiger partial charge in [-0.05, 0) is 57.9 Å². The molecule has 0 aliphatic heterocycles. The Hall–Kier alpha value is -2.78. The van der Waals surface area contributed by atoms with E-state index in [4.69, 9.17) is 5.11 Å². The van der Waals surface area contributed by atoms with Crippen molar-refractivity contribution in [3.05, 3.63) is 42.3 Å². The molecule has 1 heterocycles. The second kappa shape index (κ2) is 10.1. The fourth-order valence-corrected chi connectivity index (χ4v) is 2.37. The molecule has 0 fully saturated rings. The van der Waals surface area contributed by atoms with Crippen LogP contribution in [0.1, 0.15) is 33.6 Å². The van der Waals surface area contributed by atoms with E-state index in [0.29, 0.717) is 25.1 Å². The zero-order valence-corrected chi connectivity index (χ0v) is 16.9. The molecular weight excluding hydrogens is 377 g/mol. The van der Waals surface area contributed by atoms with Crippen molar-refractivity contribution in [2.75, 3.05) is 23.4 Å². The van der Waals surface area contributed by atoms with Gasteiger partial charge in [-0.3, -0.25) is 0 Å². The lowest BCUT2D eigenvalue weighted by Gasteiger charge is -2.27. The smallest absolute Gasteiger partial charge is 0.327 e. The van der Waals surface area contributed by atoms with Crippen LogP contribution in [0.25, 0.3) is 0 Å². The molecular formula is C20H28FN5O3. The third kappa shape index (κ3) is 6.65. The third-order valence-electron chi connectivity index (χ3n) is 4.42. The van der Waals surface area contributed by atoms with Crippen molar-refractivity contribution in [1.29, 1.82) is 0 Å². The van der Waals surface area contributed by atoms with E-state index in [-0.39, 0.29) is 24.4 Å². The Labute approximate surface area is 169 Å². The fraction of sp³-hybridized carbons (Fsp3) is 0.450. The summed E-state index contributed by atoms with van der Waals surface area (Å²) in [4.78, 5) is 22.7. The summed E-state index contributed by atoms with van der Waals surface area (Å²) >= 11 is 0. The fourth-order valence-electron chi connectivity index (χ4n) is 2.37. The van der Waals surface area contributed by atoms with Crippen LogP contribution in [0.4, 0.5) is 26.6 Å². The van der Waals surface area contributed by atoms with Crippen LogP contribution in [-0.4, -0.2) is 51.0 Å². The van der Waals surface area contributed by atoms with Gasteiger partial charge in [-0.25, -0.2) is 19.1 Å². The molecule has 0 aliphatic rings. The van der Waals surface area contributed by atoms with Gasteiger partial charge in [-0.2, -0.15) is 4.98 Å². The van der Waals surface area contributed by atoms with Crippen molar-refractivity contribution in [3.8, 4) is 0 Å². The quantitative estimate of drug-likeness (QED) is 0.478.